The summed E-state index contributed by atoms with van der Waals surface area (Å²) in [5, 5.41) is 0. The molecule has 3 fully saturated rings. The number of aromatic nitrogens is 5. The Hall–Kier alpha value is -3.63. The predicted molar refractivity (Wildman–Crippen MR) is 110 cm³/mol. The van der Waals surface area contributed by atoms with Gasteiger partial charge in [0.15, 0.2) is 5.82 Å². The lowest BCUT2D eigenvalue weighted by Gasteiger charge is -2.28. The molecule has 0 radical (unpaired) electrons. The molecule has 0 spiro atoms. The Kier molecular flexibility index (Phi) is 4.20. The summed E-state index contributed by atoms with van der Waals surface area (Å²) in [5.74, 6) is 0.535. The van der Waals surface area contributed by atoms with E-state index in [1.807, 2.05) is 28.9 Å². The van der Waals surface area contributed by atoms with Crippen molar-refractivity contribution in [2.75, 3.05) is 4.90 Å². The molecule has 0 saturated carbocycles. The van der Waals surface area contributed by atoms with E-state index in [2.05, 4.69) is 24.9 Å². The van der Waals surface area contributed by atoms with Gasteiger partial charge in [-0.3, -0.25) is 4.79 Å². The van der Waals surface area contributed by atoms with Crippen LogP contribution in [0.1, 0.15) is 34.6 Å². The zero-order valence-electron chi connectivity index (χ0n) is 17.4. The maximum absolute atomic E-state index is 13.7. The molecule has 6 rings (SSSR count). The van der Waals surface area contributed by atoms with Gasteiger partial charge in [0.1, 0.15) is 5.69 Å². The molecular weight excluding hydrogens is 435 g/mol. The minimum Gasteiger partial charge on any atom is -0.327 e. The van der Waals surface area contributed by atoms with E-state index in [-0.39, 0.29) is 36.0 Å². The van der Waals surface area contributed by atoms with Crippen molar-refractivity contribution in [1.82, 2.24) is 29.8 Å². The standard InChI is InChI=1S/C22H18F3N7O/c1-11-3-4-13(19-26-7-2-8-27-19)16(30-11)20(33)31-14-5-6-15(31)18-17(14)32(18)21-28-9-12(10-29-21)22(23,24)25/h2-4,7-10,14-15,17-18H,5-6H2,1H3. The largest absolute Gasteiger partial charge is 0.419 e. The quantitative estimate of drug-likeness (QED) is 0.564. The van der Waals surface area contributed by atoms with Crippen molar-refractivity contribution in [3.8, 4) is 11.4 Å². The van der Waals surface area contributed by atoms with Crippen molar-refractivity contribution >= 4 is 11.9 Å². The average Bonchev–Trinajstić information content (AvgIpc) is 3.32. The molecule has 0 aromatic carbocycles. The highest BCUT2D eigenvalue weighted by Crippen LogP contribution is 2.54. The number of rotatable bonds is 3. The molecule has 2 bridgehead atoms. The van der Waals surface area contributed by atoms with Gasteiger partial charge in [0.2, 0.25) is 5.95 Å². The fourth-order valence-electron chi connectivity index (χ4n) is 5.26. The van der Waals surface area contributed by atoms with Gasteiger partial charge in [-0.15, -0.1) is 0 Å². The first-order valence-corrected chi connectivity index (χ1v) is 10.6. The predicted octanol–water partition coefficient (Wildman–Crippen LogP) is 2.90. The smallest absolute Gasteiger partial charge is 0.327 e. The molecule has 8 nitrogen and oxygen atoms in total. The van der Waals surface area contributed by atoms with E-state index in [1.54, 1.807) is 18.5 Å². The zero-order valence-corrected chi connectivity index (χ0v) is 17.4. The molecule has 3 aliphatic rings. The first-order valence-electron chi connectivity index (χ1n) is 10.6. The topological polar surface area (TPSA) is 87.8 Å². The number of hydrogen-bond acceptors (Lipinski definition) is 7. The SMILES string of the molecule is Cc1ccc(-c2ncccn2)c(C(=O)N2C3CCC2C2C3N2c2ncc(C(F)(F)F)cn2)n1. The number of amides is 1. The van der Waals surface area contributed by atoms with Crippen LogP contribution in [0.15, 0.2) is 43.0 Å². The molecule has 3 aliphatic heterocycles. The molecule has 3 saturated heterocycles. The number of carbonyl (C=O) groups is 1. The summed E-state index contributed by atoms with van der Waals surface area (Å²) in [5.41, 5.74) is 0.736. The monoisotopic (exact) mass is 453 g/mol. The molecule has 6 heterocycles. The summed E-state index contributed by atoms with van der Waals surface area (Å²) < 4.78 is 38.5. The summed E-state index contributed by atoms with van der Waals surface area (Å²) in [7, 11) is 0. The summed E-state index contributed by atoms with van der Waals surface area (Å²) in [6.45, 7) is 1.83. The molecule has 4 atom stereocenters. The van der Waals surface area contributed by atoms with Crippen LogP contribution in [-0.4, -0.2) is 59.9 Å². The number of alkyl halides is 3. The van der Waals surface area contributed by atoms with Gasteiger partial charge in [-0.2, -0.15) is 13.2 Å². The highest BCUT2D eigenvalue weighted by molar-refractivity contribution is 5.99. The van der Waals surface area contributed by atoms with Crippen LogP contribution in [0.4, 0.5) is 19.1 Å². The van der Waals surface area contributed by atoms with Crippen molar-refractivity contribution in [2.24, 2.45) is 0 Å². The van der Waals surface area contributed by atoms with E-state index in [1.165, 1.54) is 0 Å². The van der Waals surface area contributed by atoms with Gasteiger partial charge in [0.05, 0.1) is 35.3 Å². The normalized spacial score (nSPS) is 25.3. The van der Waals surface area contributed by atoms with Gasteiger partial charge >= 0.3 is 6.18 Å². The molecule has 11 heteroatoms. The maximum atomic E-state index is 13.7. The summed E-state index contributed by atoms with van der Waals surface area (Å²) in [6, 6.07) is 5.22. The fourth-order valence-corrected chi connectivity index (χ4v) is 5.26. The molecule has 0 aliphatic carbocycles. The molecule has 1 amide bonds. The fraction of sp³-hybridized carbons (Fsp3) is 0.364. The molecule has 33 heavy (non-hydrogen) atoms. The van der Waals surface area contributed by atoms with Gasteiger partial charge in [0, 0.05) is 30.5 Å². The van der Waals surface area contributed by atoms with Crippen molar-refractivity contribution in [3.63, 3.8) is 0 Å². The summed E-state index contributed by atoms with van der Waals surface area (Å²) in [6.07, 6.45) is 2.01. The molecule has 0 N–H and O–H groups in total. The Morgan fingerprint density at radius 2 is 1.64 bits per heavy atom. The van der Waals surface area contributed by atoms with Crippen LogP contribution < -0.4 is 4.90 Å². The highest BCUT2D eigenvalue weighted by Gasteiger charge is 2.70. The van der Waals surface area contributed by atoms with Crippen LogP contribution in [0.25, 0.3) is 11.4 Å². The number of carbonyl (C=O) groups excluding carboxylic acids is 1. The second-order valence-electron chi connectivity index (χ2n) is 8.50. The maximum Gasteiger partial charge on any atom is 0.419 e. The molecular formula is C22H18F3N7O. The Labute approximate surface area is 186 Å². The molecule has 3 aromatic rings. The van der Waals surface area contributed by atoms with E-state index in [4.69, 9.17) is 0 Å². The Bertz CT molecular complexity index is 1220. The number of aryl methyl sites for hydroxylation is 1. The van der Waals surface area contributed by atoms with E-state index < -0.39 is 11.7 Å². The Morgan fingerprint density at radius 1 is 1.00 bits per heavy atom. The van der Waals surface area contributed by atoms with Gasteiger partial charge in [-0.05, 0) is 38.0 Å². The van der Waals surface area contributed by atoms with Crippen LogP contribution >= 0.6 is 0 Å². The van der Waals surface area contributed by atoms with Crippen molar-refractivity contribution in [3.05, 3.63) is 59.9 Å². The number of fused-ring (bicyclic) bond motifs is 5. The number of hydrogen-bond donors (Lipinski definition) is 0. The first kappa shape index (κ1) is 20.0. The third-order valence-corrected chi connectivity index (χ3v) is 6.64. The van der Waals surface area contributed by atoms with Crippen molar-refractivity contribution in [1.29, 1.82) is 0 Å². The van der Waals surface area contributed by atoms with Crippen molar-refractivity contribution in [2.45, 2.75) is 50.1 Å². The van der Waals surface area contributed by atoms with Crippen LogP contribution in [0.5, 0.6) is 0 Å². The minimum atomic E-state index is -4.48. The molecule has 4 unspecified atom stereocenters. The Morgan fingerprint density at radius 3 is 2.24 bits per heavy atom. The average molecular weight is 453 g/mol. The number of anilines is 1. The third-order valence-electron chi connectivity index (χ3n) is 6.64. The van der Waals surface area contributed by atoms with Gasteiger partial charge in [-0.25, -0.2) is 24.9 Å². The van der Waals surface area contributed by atoms with Gasteiger partial charge in [0.25, 0.3) is 5.91 Å². The first-order chi connectivity index (χ1) is 15.8. The van der Waals surface area contributed by atoms with Crippen LogP contribution in [0.2, 0.25) is 0 Å². The lowest BCUT2D eigenvalue weighted by Crippen LogP contribution is -2.43. The molecule has 3 aromatic heterocycles. The highest BCUT2D eigenvalue weighted by atomic mass is 19.4. The van der Waals surface area contributed by atoms with Crippen LogP contribution in [-0.2, 0) is 6.18 Å². The van der Waals surface area contributed by atoms with Gasteiger partial charge < -0.3 is 9.80 Å². The number of pyridine rings is 1. The van der Waals surface area contributed by atoms with Gasteiger partial charge in [-0.1, -0.05) is 0 Å². The lowest BCUT2D eigenvalue weighted by atomic mass is 10.0. The minimum absolute atomic E-state index is 0.00525. The van der Waals surface area contributed by atoms with E-state index in [9.17, 15) is 18.0 Å². The number of nitrogens with zero attached hydrogens (tertiary/aromatic N) is 7. The summed E-state index contributed by atoms with van der Waals surface area (Å²) in [4.78, 5) is 38.4. The number of halogens is 3. The molecule has 168 valence electrons. The zero-order chi connectivity index (χ0) is 22.9. The second kappa shape index (κ2) is 6.93. The van der Waals surface area contributed by atoms with E-state index in [0.717, 1.165) is 30.9 Å². The van der Waals surface area contributed by atoms with E-state index in [0.29, 0.717) is 17.1 Å². The third kappa shape index (κ3) is 3.05. The lowest BCUT2D eigenvalue weighted by molar-refractivity contribution is -0.138. The van der Waals surface area contributed by atoms with Crippen LogP contribution in [0.3, 0.4) is 0 Å². The Balaban J connectivity index is 1.27. The number of piperazine rings is 1. The summed E-state index contributed by atoms with van der Waals surface area (Å²) >= 11 is 0. The van der Waals surface area contributed by atoms with E-state index >= 15 is 0 Å². The van der Waals surface area contributed by atoms with Crippen LogP contribution in [0, 0.1) is 6.92 Å². The van der Waals surface area contributed by atoms with Crippen molar-refractivity contribution < 1.29 is 18.0 Å². The second-order valence-corrected chi connectivity index (χ2v) is 8.50.